The number of rotatable bonds is 5. The SMILES string of the molecule is CCOC(=O)NC1CCCN(Cc2cc(C(=O)OC)c(C)o2)C1. The van der Waals surface area contributed by atoms with Crippen LogP contribution in [0.4, 0.5) is 4.79 Å². The van der Waals surface area contributed by atoms with Gasteiger partial charge in [-0.05, 0) is 39.3 Å². The second-order valence-corrected chi connectivity index (χ2v) is 5.61. The highest BCUT2D eigenvalue weighted by Gasteiger charge is 2.23. The average Bonchev–Trinajstić information content (AvgIpc) is 2.87. The van der Waals surface area contributed by atoms with Crippen LogP contribution in [0.3, 0.4) is 0 Å². The van der Waals surface area contributed by atoms with Crippen LogP contribution in [-0.4, -0.2) is 49.8 Å². The maximum Gasteiger partial charge on any atom is 0.407 e. The van der Waals surface area contributed by atoms with Crippen LogP contribution in [0.2, 0.25) is 0 Å². The van der Waals surface area contributed by atoms with Crippen LogP contribution in [-0.2, 0) is 16.0 Å². The number of alkyl carbamates (subject to hydrolysis) is 1. The maximum atomic E-state index is 11.6. The number of furan rings is 1. The van der Waals surface area contributed by atoms with E-state index >= 15 is 0 Å². The van der Waals surface area contributed by atoms with Crippen molar-refractivity contribution in [1.29, 1.82) is 0 Å². The number of nitrogens with zero attached hydrogens (tertiary/aromatic N) is 1. The third-order valence-electron chi connectivity index (χ3n) is 3.86. The summed E-state index contributed by atoms with van der Waals surface area (Å²) in [7, 11) is 1.35. The summed E-state index contributed by atoms with van der Waals surface area (Å²) >= 11 is 0. The molecule has 1 aromatic rings. The number of carbonyl (C=O) groups is 2. The molecule has 1 aliphatic rings. The minimum Gasteiger partial charge on any atom is -0.465 e. The smallest absolute Gasteiger partial charge is 0.407 e. The standard InChI is InChI=1S/C16H24N2O5/c1-4-22-16(20)17-12-6-5-7-18(9-12)10-13-8-14(11(2)23-13)15(19)21-3/h8,12H,4-7,9-10H2,1-3H3,(H,17,20). The van der Waals surface area contributed by atoms with E-state index in [1.807, 2.05) is 0 Å². The van der Waals surface area contributed by atoms with E-state index in [4.69, 9.17) is 13.9 Å². The summed E-state index contributed by atoms with van der Waals surface area (Å²) in [5.74, 6) is 0.891. The molecule has 23 heavy (non-hydrogen) atoms. The first kappa shape index (κ1) is 17.3. The first-order chi connectivity index (χ1) is 11.0. The molecule has 128 valence electrons. The van der Waals surface area contributed by atoms with E-state index in [1.165, 1.54) is 7.11 Å². The lowest BCUT2D eigenvalue weighted by Crippen LogP contribution is -2.47. The highest BCUT2D eigenvalue weighted by molar-refractivity contribution is 5.90. The molecule has 0 spiro atoms. The molecule has 1 aromatic heterocycles. The lowest BCUT2D eigenvalue weighted by atomic mass is 10.1. The van der Waals surface area contributed by atoms with Crippen LogP contribution in [0.15, 0.2) is 10.5 Å². The molecule has 2 rings (SSSR count). The third kappa shape index (κ3) is 4.72. The minimum absolute atomic E-state index is 0.0685. The molecular weight excluding hydrogens is 300 g/mol. The number of hydrogen-bond acceptors (Lipinski definition) is 6. The Kier molecular flexibility index (Phi) is 6.04. The second-order valence-electron chi connectivity index (χ2n) is 5.61. The highest BCUT2D eigenvalue weighted by atomic mass is 16.5. The largest absolute Gasteiger partial charge is 0.465 e. The molecule has 0 bridgehead atoms. The number of hydrogen-bond donors (Lipinski definition) is 1. The molecule has 0 radical (unpaired) electrons. The number of ether oxygens (including phenoxy) is 2. The summed E-state index contributed by atoms with van der Waals surface area (Å²) in [6, 6.07) is 1.79. The van der Waals surface area contributed by atoms with Crippen LogP contribution in [0.25, 0.3) is 0 Å². The predicted octanol–water partition coefficient (Wildman–Crippen LogP) is 2.09. The normalized spacial score (nSPS) is 18.5. The molecule has 1 amide bonds. The van der Waals surface area contributed by atoms with Gasteiger partial charge in [-0.3, -0.25) is 4.90 Å². The summed E-state index contributed by atoms with van der Waals surface area (Å²) in [5, 5.41) is 2.87. The molecule has 1 fully saturated rings. The van der Waals surface area contributed by atoms with Crippen molar-refractivity contribution in [2.75, 3.05) is 26.8 Å². The molecule has 0 saturated carbocycles. The van der Waals surface area contributed by atoms with Crippen LogP contribution >= 0.6 is 0 Å². The van der Waals surface area contributed by atoms with Crippen molar-refractivity contribution in [2.45, 2.75) is 39.3 Å². The minimum atomic E-state index is -0.391. The van der Waals surface area contributed by atoms with Gasteiger partial charge in [-0.2, -0.15) is 0 Å². The fourth-order valence-corrected chi connectivity index (χ4v) is 2.81. The van der Waals surface area contributed by atoms with Crippen molar-refractivity contribution < 1.29 is 23.5 Å². The monoisotopic (exact) mass is 324 g/mol. The highest BCUT2D eigenvalue weighted by Crippen LogP contribution is 2.19. The van der Waals surface area contributed by atoms with Crippen molar-refractivity contribution >= 4 is 12.1 Å². The predicted molar refractivity (Wildman–Crippen MR) is 83.2 cm³/mol. The second kappa shape index (κ2) is 8.01. The summed E-state index contributed by atoms with van der Waals surface area (Å²) in [4.78, 5) is 25.3. The van der Waals surface area contributed by atoms with Gasteiger partial charge in [0.05, 0.1) is 20.3 Å². The van der Waals surface area contributed by atoms with Crippen molar-refractivity contribution in [2.24, 2.45) is 0 Å². The van der Waals surface area contributed by atoms with Gasteiger partial charge in [-0.25, -0.2) is 9.59 Å². The van der Waals surface area contributed by atoms with Crippen molar-refractivity contribution in [3.8, 4) is 0 Å². The van der Waals surface area contributed by atoms with Gasteiger partial charge >= 0.3 is 12.1 Å². The summed E-state index contributed by atoms with van der Waals surface area (Å²) < 4.78 is 15.3. The van der Waals surface area contributed by atoms with Gasteiger partial charge in [0.15, 0.2) is 0 Å². The van der Waals surface area contributed by atoms with E-state index in [0.717, 1.165) is 31.7 Å². The molecule has 7 nitrogen and oxygen atoms in total. The lowest BCUT2D eigenvalue weighted by molar-refractivity contribution is 0.0598. The molecule has 1 atom stereocenters. The Morgan fingerprint density at radius 3 is 2.96 bits per heavy atom. The summed E-state index contributed by atoms with van der Waals surface area (Å²) in [6.07, 6.45) is 1.54. The Labute approximate surface area is 135 Å². The van der Waals surface area contributed by atoms with Gasteiger partial charge < -0.3 is 19.2 Å². The van der Waals surface area contributed by atoms with E-state index in [0.29, 0.717) is 24.5 Å². The zero-order valence-electron chi connectivity index (χ0n) is 13.9. The van der Waals surface area contributed by atoms with Crippen molar-refractivity contribution in [1.82, 2.24) is 10.2 Å². The van der Waals surface area contributed by atoms with Gasteiger partial charge in [0.1, 0.15) is 17.1 Å². The number of esters is 1. The fourth-order valence-electron chi connectivity index (χ4n) is 2.81. The van der Waals surface area contributed by atoms with E-state index in [9.17, 15) is 9.59 Å². The zero-order valence-corrected chi connectivity index (χ0v) is 13.9. The molecule has 1 unspecified atom stereocenters. The molecule has 1 aliphatic heterocycles. The van der Waals surface area contributed by atoms with E-state index in [-0.39, 0.29) is 12.1 Å². The number of carbonyl (C=O) groups excluding carboxylic acids is 2. The molecule has 0 aromatic carbocycles. The van der Waals surface area contributed by atoms with E-state index < -0.39 is 5.97 Å². The summed E-state index contributed by atoms with van der Waals surface area (Å²) in [6.45, 7) is 6.14. The van der Waals surface area contributed by atoms with E-state index in [2.05, 4.69) is 10.2 Å². The molecule has 7 heteroatoms. The Balaban J connectivity index is 1.92. The Morgan fingerprint density at radius 1 is 1.48 bits per heavy atom. The number of nitrogens with one attached hydrogen (secondary N) is 1. The molecule has 1 saturated heterocycles. The fraction of sp³-hybridized carbons (Fsp3) is 0.625. The number of piperidine rings is 1. The number of amides is 1. The average molecular weight is 324 g/mol. The van der Waals surface area contributed by atoms with Gasteiger partial charge in [0.25, 0.3) is 0 Å². The van der Waals surface area contributed by atoms with Gasteiger partial charge in [0, 0.05) is 12.6 Å². The van der Waals surface area contributed by atoms with Crippen LogP contribution < -0.4 is 5.32 Å². The molecule has 2 heterocycles. The van der Waals surface area contributed by atoms with Crippen LogP contribution in [0.5, 0.6) is 0 Å². The summed E-state index contributed by atoms with van der Waals surface area (Å²) in [5.41, 5.74) is 0.459. The Bertz CT molecular complexity index is 555. The topological polar surface area (TPSA) is 81.0 Å². The quantitative estimate of drug-likeness (QED) is 0.835. The maximum absolute atomic E-state index is 11.6. The number of likely N-dealkylation sites (tertiary alicyclic amines) is 1. The zero-order chi connectivity index (χ0) is 16.8. The Morgan fingerprint density at radius 2 is 2.26 bits per heavy atom. The van der Waals surface area contributed by atoms with Crippen LogP contribution in [0, 0.1) is 6.92 Å². The Hall–Kier alpha value is -2.02. The number of methoxy groups -OCH3 is 1. The van der Waals surface area contributed by atoms with Gasteiger partial charge in [-0.1, -0.05) is 0 Å². The number of aryl methyl sites for hydroxylation is 1. The van der Waals surface area contributed by atoms with Gasteiger partial charge in [-0.15, -0.1) is 0 Å². The lowest BCUT2D eigenvalue weighted by Gasteiger charge is -2.32. The van der Waals surface area contributed by atoms with Crippen molar-refractivity contribution in [3.63, 3.8) is 0 Å². The third-order valence-corrected chi connectivity index (χ3v) is 3.86. The molecular formula is C16H24N2O5. The van der Waals surface area contributed by atoms with Crippen molar-refractivity contribution in [3.05, 3.63) is 23.2 Å². The van der Waals surface area contributed by atoms with Gasteiger partial charge in [0.2, 0.25) is 0 Å². The first-order valence-electron chi connectivity index (χ1n) is 7.86. The molecule has 0 aliphatic carbocycles. The molecule has 1 N–H and O–H groups in total. The first-order valence-corrected chi connectivity index (χ1v) is 7.86. The van der Waals surface area contributed by atoms with Crippen LogP contribution in [0.1, 0.15) is 41.6 Å². The van der Waals surface area contributed by atoms with E-state index in [1.54, 1.807) is 19.9 Å².